The van der Waals surface area contributed by atoms with E-state index in [0.29, 0.717) is 11.3 Å². The van der Waals surface area contributed by atoms with E-state index in [9.17, 15) is 5.11 Å². The lowest BCUT2D eigenvalue weighted by atomic mass is 9.79. The summed E-state index contributed by atoms with van der Waals surface area (Å²) in [7, 11) is 0. The highest BCUT2D eigenvalue weighted by Gasteiger charge is 2.23. The van der Waals surface area contributed by atoms with Gasteiger partial charge in [0.1, 0.15) is 5.75 Å². The van der Waals surface area contributed by atoms with E-state index in [1.165, 1.54) is 32.9 Å². The molecule has 0 atom stereocenters. The molecule has 0 spiro atoms. The molecule has 0 aliphatic heterocycles. The van der Waals surface area contributed by atoms with Gasteiger partial charge in [0.05, 0.1) is 28.1 Å². The minimum atomic E-state index is -0.0590. The van der Waals surface area contributed by atoms with Crippen LogP contribution in [0.15, 0.2) is 194 Å². The highest BCUT2D eigenvalue weighted by atomic mass is 16.3. The molecule has 10 rings (SSSR count). The number of nitrogens with zero attached hydrogens (tertiary/aromatic N) is 3. The Labute approximate surface area is 376 Å². The molecule has 10 aromatic rings. The van der Waals surface area contributed by atoms with E-state index >= 15 is 0 Å². The van der Waals surface area contributed by atoms with Crippen LogP contribution in [0, 0.1) is 0 Å². The number of benzene rings is 7. The highest BCUT2D eigenvalue weighted by Crippen LogP contribution is 2.43. The van der Waals surface area contributed by atoms with Gasteiger partial charge in [0.25, 0.3) is 0 Å². The number of fused-ring (bicyclic) bond motifs is 3. The Morgan fingerprint density at radius 2 is 0.953 bits per heavy atom. The van der Waals surface area contributed by atoms with Crippen LogP contribution in [0.1, 0.15) is 52.7 Å². The zero-order valence-corrected chi connectivity index (χ0v) is 37.3. The van der Waals surface area contributed by atoms with Crippen molar-refractivity contribution in [3.05, 3.63) is 205 Å². The third kappa shape index (κ3) is 7.56. The van der Waals surface area contributed by atoms with Gasteiger partial charge in [-0.3, -0.25) is 4.98 Å². The van der Waals surface area contributed by atoms with Crippen molar-refractivity contribution in [3.8, 4) is 78.6 Å². The Balaban J connectivity index is 1.13. The average molecular weight is 830 g/mol. The van der Waals surface area contributed by atoms with Crippen molar-refractivity contribution in [1.29, 1.82) is 0 Å². The van der Waals surface area contributed by atoms with Gasteiger partial charge in [0, 0.05) is 50.5 Å². The summed E-state index contributed by atoms with van der Waals surface area (Å²) in [6.45, 7) is 13.6. The third-order valence-electron chi connectivity index (χ3n) is 12.5. The smallest absolute Gasteiger partial charge is 0.132 e. The SMILES string of the molecule is CC(C)(C)c1cc(-c2cc(-c3cccc(-c4cc(-c5cccc6c7ccccc7n(-c7ccccc7)c56)ccn4)c3)nc(-c3cccc(-c4ccccc4)c3O)c2)cc(C(C)(C)C)c1. The monoisotopic (exact) mass is 829 g/mol. The summed E-state index contributed by atoms with van der Waals surface area (Å²) in [5.41, 5.74) is 17.0. The molecule has 1 N–H and O–H groups in total. The molecule has 3 heterocycles. The summed E-state index contributed by atoms with van der Waals surface area (Å²) in [6.07, 6.45) is 1.92. The lowest BCUT2D eigenvalue weighted by Gasteiger charge is -2.26. The van der Waals surface area contributed by atoms with E-state index in [1.807, 2.05) is 54.7 Å². The minimum absolute atomic E-state index is 0.0590. The van der Waals surface area contributed by atoms with E-state index < -0.39 is 0 Å². The van der Waals surface area contributed by atoms with Crippen molar-refractivity contribution in [3.63, 3.8) is 0 Å². The molecule has 64 heavy (non-hydrogen) atoms. The molecule has 0 amide bonds. The normalized spacial score (nSPS) is 12.0. The quantitative estimate of drug-likeness (QED) is 0.174. The maximum atomic E-state index is 12.0. The first kappa shape index (κ1) is 40.5. The zero-order chi connectivity index (χ0) is 44.2. The Bertz CT molecular complexity index is 3320. The van der Waals surface area contributed by atoms with Crippen molar-refractivity contribution < 1.29 is 5.11 Å². The first-order chi connectivity index (χ1) is 30.9. The summed E-state index contributed by atoms with van der Waals surface area (Å²) in [5, 5.41) is 14.4. The molecule has 0 fully saturated rings. The van der Waals surface area contributed by atoms with Gasteiger partial charge in [0.2, 0.25) is 0 Å². The van der Waals surface area contributed by atoms with Crippen LogP contribution in [0.5, 0.6) is 5.75 Å². The number of phenolic OH excluding ortho intramolecular Hbond substituents is 1. The van der Waals surface area contributed by atoms with E-state index in [2.05, 4.69) is 186 Å². The summed E-state index contributed by atoms with van der Waals surface area (Å²) >= 11 is 0. The van der Waals surface area contributed by atoms with Crippen LogP contribution in [-0.4, -0.2) is 19.6 Å². The topological polar surface area (TPSA) is 50.9 Å². The van der Waals surface area contributed by atoms with Crippen LogP contribution in [0.2, 0.25) is 0 Å². The summed E-state index contributed by atoms with van der Waals surface area (Å²) in [5.74, 6) is 0.208. The first-order valence-electron chi connectivity index (χ1n) is 22.1. The second kappa shape index (κ2) is 16.0. The molecule has 4 nitrogen and oxygen atoms in total. The predicted molar refractivity (Wildman–Crippen MR) is 268 cm³/mol. The number of phenols is 1. The predicted octanol–water partition coefficient (Wildman–Crippen LogP) is 15.9. The molecule has 0 aliphatic carbocycles. The fraction of sp³-hybridized carbons (Fsp3) is 0.133. The Kier molecular flexibility index (Phi) is 10.1. The van der Waals surface area contributed by atoms with Crippen LogP contribution >= 0.6 is 0 Å². The molecule has 3 aromatic heterocycles. The van der Waals surface area contributed by atoms with Gasteiger partial charge in [-0.1, -0.05) is 175 Å². The highest BCUT2D eigenvalue weighted by molar-refractivity contribution is 6.13. The van der Waals surface area contributed by atoms with Gasteiger partial charge >= 0.3 is 0 Å². The lowest BCUT2D eigenvalue weighted by Crippen LogP contribution is -2.16. The molecular weight excluding hydrogens is 779 g/mol. The fourth-order valence-electron chi connectivity index (χ4n) is 8.93. The number of para-hydroxylation sites is 4. The molecule has 4 heteroatoms. The molecule has 0 saturated heterocycles. The molecular formula is C60H51N3O. The summed E-state index contributed by atoms with van der Waals surface area (Å²) in [4.78, 5) is 10.3. The van der Waals surface area contributed by atoms with E-state index in [-0.39, 0.29) is 16.6 Å². The van der Waals surface area contributed by atoms with E-state index in [4.69, 9.17) is 9.97 Å². The molecule has 0 radical (unpaired) electrons. The van der Waals surface area contributed by atoms with Crippen molar-refractivity contribution >= 4 is 21.8 Å². The van der Waals surface area contributed by atoms with Crippen LogP contribution in [0.3, 0.4) is 0 Å². The Morgan fingerprint density at radius 1 is 0.406 bits per heavy atom. The molecule has 0 unspecified atom stereocenters. The molecule has 0 saturated carbocycles. The molecule has 312 valence electrons. The van der Waals surface area contributed by atoms with Crippen molar-refractivity contribution in [2.45, 2.75) is 52.4 Å². The standard InChI is InChI=1S/C60H51N3O/c1-59(2,3)45-33-43(34-46(38-45)60(4,5)6)44-36-54(62-55(37-44)52-28-17-26-49(58(52)64)39-18-9-7-10-19-39)42-21-15-20-41(32-42)53-35-40(30-31-61-53)48-25-16-27-51-50-24-13-14-29-56(50)63(57(48)51)47-22-11-8-12-23-47/h7-38,64H,1-6H3. The second-order valence-corrected chi connectivity index (χ2v) is 18.9. The number of aromatic hydroxyl groups is 1. The number of hydrogen-bond donors (Lipinski definition) is 1. The Morgan fingerprint density at radius 3 is 1.69 bits per heavy atom. The van der Waals surface area contributed by atoms with Crippen molar-refractivity contribution in [2.75, 3.05) is 0 Å². The summed E-state index contributed by atoms with van der Waals surface area (Å²) < 4.78 is 2.38. The van der Waals surface area contributed by atoms with Crippen LogP contribution < -0.4 is 0 Å². The maximum Gasteiger partial charge on any atom is 0.132 e. The maximum absolute atomic E-state index is 12.0. The van der Waals surface area contributed by atoms with Gasteiger partial charge < -0.3 is 9.67 Å². The third-order valence-corrected chi connectivity index (χ3v) is 12.5. The summed E-state index contributed by atoms with van der Waals surface area (Å²) in [6, 6.07) is 66.0. The largest absolute Gasteiger partial charge is 0.507 e. The number of pyridine rings is 2. The first-order valence-corrected chi connectivity index (χ1v) is 22.1. The van der Waals surface area contributed by atoms with Crippen LogP contribution in [-0.2, 0) is 10.8 Å². The number of aromatic nitrogens is 3. The molecule has 0 aliphatic rings. The molecule has 0 bridgehead atoms. The minimum Gasteiger partial charge on any atom is -0.507 e. The molecule has 7 aromatic carbocycles. The zero-order valence-electron chi connectivity index (χ0n) is 37.3. The lowest BCUT2D eigenvalue weighted by molar-refractivity contribution is 0.479. The Hall–Kier alpha value is -7.56. The van der Waals surface area contributed by atoms with Gasteiger partial charge in [-0.15, -0.1) is 0 Å². The van der Waals surface area contributed by atoms with Gasteiger partial charge in [-0.25, -0.2) is 4.98 Å². The van der Waals surface area contributed by atoms with Gasteiger partial charge in [0.15, 0.2) is 0 Å². The number of rotatable bonds is 7. The fourth-order valence-corrected chi connectivity index (χ4v) is 8.93. The van der Waals surface area contributed by atoms with E-state index in [1.54, 1.807) is 0 Å². The average Bonchev–Trinajstić information content (AvgIpc) is 3.66. The van der Waals surface area contributed by atoms with Crippen LogP contribution in [0.25, 0.3) is 94.6 Å². The van der Waals surface area contributed by atoms with E-state index in [0.717, 1.165) is 61.6 Å². The van der Waals surface area contributed by atoms with Crippen molar-refractivity contribution in [1.82, 2.24) is 14.5 Å². The second-order valence-electron chi connectivity index (χ2n) is 18.9. The number of hydrogen-bond acceptors (Lipinski definition) is 3. The van der Waals surface area contributed by atoms with Crippen molar-refractivity contribution in [2.24, 2.45) is 0 Å². The van der Waals surface area contributed by atoms with Gasteiger partial charge in [-0.05, 0) is 98.8 Å². The van der Waals surface area contributed by atoms with Crippen LogP contribution in [0.4, 0.5) is 0 Å². The van der Waals surface area contributed by atoms with Gasteiger partial charge in [-0.2, -0.15) is 0 Å².